The topological polar surface area (TPSA) is 67.8 Å². The Balaban J connectivity index is 1.64. The number of para-hydroxylation sites is 1. The van der Waals surface area contributed by atoms with Crippen LogP contribution in [0.1, 0.15) is 34.5 Å². The molecular weight excluding hydrogens is 306 g/mol. The fourth-order valence-corrected chi connectivity index (χ4v) is 2.75. The van der Waals surface area contributed by atoms with Crippen LogP contribution in [0.4, 0.5) is 0 Å². The third kappa shape index (κ3) is 3.51. The summed E-state index contributed by atoms with van der Waals surface area (Å²) in [6.07, 6.45) is 0.0865. The maximum Gasteiger partial charge on any atom is 0.255 e. The Morgan fingerprint density at radius 2 is 2.17 bits per heavy atom. The molecule has 0 bridgehead atoms. The molecule has 0 aromatic heterocycles. The summed E-state index contributed by atoms with van der Waals surface area (Å²) >= 11 is 0. The van der Waals surface area contributed by atoms with Gasteiger partial charge in [-0.25, -0.2) is 0 Å². The van der Waals surface area contributed by atoms with Crippen molar-refractivity contribution in [2.45, 2.75) is 19.4 Å². The van der Waals surface area contributed by atoms with E-state index in [2.05, 4.69) is 5.32 Å². The van der Waals surface area contributed by atoms with Gasteiger partial charge in [0, 0.05) is 13.0 Å². The molecule has 1 atom stereocenters. The number of aliphatic hydroxyl groups excluding tert-OH is 1. The fraction of sp³-hybridized carbons (Fsp3) is 0.316. The molecule has 3 rings (SSSR count). The van der Waals surface area contributed by atoms with Crippen LogP contribution in [0.15, 0.2) is 42.5 Å². The number of benzene rings is 2. The van der Waals surface area contributed by atoms with Crippen molar-refractivity contribution in [3.05, 3.63) is 59.2 Å². The van der Waals surface area contributed by atoms with Gasteiger partial charge in [-0.15, -0.1) is 0 Å². The molecule has 0 saturated carbocycles. The minimum absolute atomic E-state index is 0.138. The van der Waals surface area contributed by atoms with E-state index in [9.17, 15) is 9.90 Å². The molecule has 126 valence electrons. The maximum absolute atomic E-state index is 12.3. The van der Waals surface area contributed by atoms with Crippen LogP contribution in [0.5, 0.6) is 11.5 Å². The molecule has 5 heteroatoms. The summed E-state index contributed by atoms with van der Waals surface area (Å²) in [4.78, 5) is 12.3. The van der Waals surface area contributed by atoms with E-state index in [1.165, 1.54) is 0 Å². The molecular formula is C19H21NO4. The minimum Gasteiger partial charge on any atom is -0.493 e. The highest BCUT2D eigenvalue weighted by Crippen LogP contribution is 2.28. The smallest absolute Gasteiger partial charge is 0.255 e. The number of nitrogens with one attached hydrogen (secondary N) is 1. The molecule has 1 amide bonds. The van der Waals surface area contributed by atoms with Crippen LogP contribution in [0.3, 0.4) is 0 Å². The average Bonchev–Trinajstić information content (AvgIpc) is 3.08. The highest BCUT2D eigenvalue weighted by Gasteiger charge is 2.17. The first-order valence-electron chi connectivity index (χ1n) is 8.12. The van der Waals surface area contributed by atoms with Gasteiger partial charge in [-0.2, -0.15) is 0 Å². The normalized spacial score (nSPS) is 13.8. The van der Waals surface area contributed by atoms with E-state index in [0.717, 1.165) is 23.3 Å². The first-order chi connectivity index (χ1) is 11.7. The zero-order valence-corrected chi connectivity index (χ0v) is 13.6. The van der Waals surface area contributed by atoms with Gasteiger partial charge in [0.15, 0.2) is 0 Å². The molecule has 0 saturated heterocycles. The van der Waals surface area contributed by atoms with Gasteiger partial charge >= 0.3 is 0 Å². The first-order valence-corrected chi connectivity index (χ1v) is 8.12. The summed E-state index contributed by atoms with van der Waals surface area (Å²) in [5.74, 6) is 1.16. The Hall–Kier alpha value is -2.53. The van der Waals surface area contributed by atoms with Gasteiger partial charge in [0.1, 0.15) is 11.5 Å². The molecule has 0 spiro atoms. The second-order valence-electron chi connectivity index (χ2n) is 5.62. The fourth-order valence-electron chi connectivity index (χ4n) is 2.75. The van der Waals surface area contributed by atoms with Crippen LogP contribution in [0.2, 0.25) is 0 Å². The van der Waals surface area contributed by atoms with Crippen molar-refractivity contribution in [1.82, 2.24) is 5.32 Å². The number of carbonyl (C=O) groups excluding carboxylic acids is 1. The predicted molar refractivity (Wildman–Crippen MR) is 90.5 cm³/mol. The van der Waals surface area contributed by atoms with Gasteiger partial charge in [0.05, 0.1) is 24.9 Å². The zero-order chi connectivity index (χ0) is 16.9. The van der Waals surface area contributed by atoms with E-state index in [-0.39, 0.29) is 12.5 Å². The van der Waals surface area contributed by atoms with Crippen LogP contribution in [-0.2, 0) is 6.42 Å². The lowest BCUT2D eigenvalue weighted by atomic mass is 10.0. The highest BCUT2D eigenvalue weighted by molar-refractivity contribution is 5.96. The number of carbonyl (C=O) groups is 1. The molecule has 24 heavy (non-hydrogen) atoms. The van der Waals surface area contributed by atoms with Crippen LogP contribution in [0, 0.1) is 0 Å². The van der Waals surface area contributed by atoms with Crippen molar-refractivity contribution >= 4 is 5.91 Å². The third-order valence-electron chi connectivity index (χ3n) is 3.99. The molecule has 0 aliphatic carbocycles. The summed E-state index contributed by atoms with van der Waals surface area (Å²) in [5, 5.41) is 13.1. The molecule has 1 aliphatic rings. The Kier molecular flexibility index (Phi) is 5.01. The lowest BCUT2D eigenvalue weighted by Gasteiger charge is -2.14. The predicted octanol–water partition coefficient (Wildman–Crippen LogP) is 2.48. The van der Waals surface area contributed by atoms with Gasteiger partial charge < -0.3 is 19.9 Å². The van der Waals surface area contributed by atoms with E-state index in [1.807, 2.05) is 31.2 Å². The quantitative estimate of drug-likeness (QED) is 0.855. The molecule has 2 aromatic carbocycles. The molecule has 0 fully saturated rings. The van der Waals surface area contributed by atoms with Gasteiger partial charge in [-0.05, 0) is 42.3 Å². The van der Waals surface area contributed by atoms with E-state index in [0.29, 0.717) is 24.5 Å². The molecule has 2 aromatic rings. The molecule has 2 N–H and O–H groups in total. The van der Waals surface area contributed by atoms with E-state index in [4.69, 9.17) is 9.47 Å². The van der Waals surface area contributed by atoms with Crippen LogP contribution in [0.25, 0.3) is 0 Å². The first kappa shape index (κ1) is 16.3. The molecule has 1 unspecified atom stereocenters. The van der Waals surface area contributed by atoms with Crippen molar-refractivity contribution < 1.29 is 19.4 Å². The Labute approximate surface area is 141 Å². The van der Waals surface area contributed by atoms with Crippen LogP contribution in [-0.4, -0.2) is 30.8 Å². The second-order valence-corrected chi connectivity index (χ2v) is 5.62. The average molecular weight is 327 g/mol. The number of aliphatic hydroxyl groups is 1. The van der Waals surface area contributed by atoms with Crippen molar-refractivity contribution in [2.75, 3.05) is 19.8 Å². The molecule has 5 nitrogen and oxygen atoms in total. The summed E-state index contributed by atoms with van der Waals surface area (Å²) in [6.45, 7) is 3.18. The minimum atomic E-state index is -0.765. The van der Waals surface area contributed by atoms with Gasteiger partial charge in [0.2, 0.25) is 0 Å². The van der Waals surface area contributed by atoms with Gasteiger partial charge in [0.25, 0.3) is 5.91 Å². The number of hydrogen-bond donors (Lipinski definition) is 2. The lowest BCUT2D eigenvalue weighted by molar-refractivity contribution is 0.0912. The van der Waals surface area contributed by atoms with Crippen molar-refractivity contribution in [3.8, 4) is 11.5 Å². The number of rotatable bonds is 6. The maximum atomic E-state index is 12.3. The molecule has 0 radical (unpaired) electrons. The van der Waals surface area contributed by atoms with Crippen LogP contribution >= 0.6 is 0 Å². The number of ether oxygens (including phenoxy) is 2. The third-order valence-corrected chi connectivity index (χ3v) is 3.99. The highest BCUT2D eigenvalue weighted by atomic mass is 16.5. The van der Waals surface area contributed by atoms with Gasteiger partial charge in [-0.1, -0.05) is 18.2 Å². The summed E-state index contributed by atoms with van der Waals surface area (Å²) in [5.41, 5.74) is 2.34. The van der Waals surface area contributed by atoms with Crippen molar-refractivity contribution in [2.24, 2.45) is 0 Å². The monoisotopic (exact) mass is 327 g/mol. The Bertz CT molecular complexity index is 729. The number of hydrogen-bond acceptors (Lipinski definition) is 4. The van der Waals surface area contributed by atoms with Crippen molar-refractivity contribution in [1.29, 1.82) is 0 Å². The van der Waals surface area contributed by atoms with Crippen molar-refractivity contribution in [3.63, 3.8) is 0 Å². The Morgan fingerprint density at radius 3 is 3.00 bits per heavy atom. The molecule has 1 heterocycles. The standard InChI is InChI=1S/C19H21NO4/c1-2-23-18-6-4-3-5-15(18)19(22)20-12-16(21)13-7-8-17-14(11-13)9-10-24-17/h3-8,11,16,21H,2,9-10,12H2,1H3,(H,20,22). The Morgan fingerprint density at radius 1 is 1.33 bits per heavy atom. The zero-order valence-electron chi connectivity index (χ0n) is 13.6. The second kappa shape index (κ2) is 7.36. The van der Waals surface area contributed by atoms with E-state index >= 15 is 0 Å². The SMILES string of the molecule is CCOc1ccccc1C(=O)NCC(O)c1ccc2c(c1)CCO2. The summed E-state index contributed by atoms with van der Waals surface area (Å²) in [7, 11) is 0. The summed E-state index contributed by atoms with van der Waals surface area (Å²) in [6, 6.07) is 12.7. The molecule has 1 aliphatic heterocycles. The van der Waals surface area contributed by atoms with Crippen LogP contribution < -0.4 is 14.8 Å². The van der Waals surface area contributed by atoms with E-state index < -0.39 is 6.10 Å². The number of fused-ring (bicyclic) bond motifs is 1. The van der Waals surface area contributed by atoms with E-state index in [1.54, 1.807) is 18.2 Å². The van der Waals surface area contributed by atoms with Gasteiger partial charge in [-0.3, -0.25) is 4.79 Å². The lowest BCUT2D eigenvalue weighted by Crippen LogP contribution is -2.28. The largest absolute Gasteiger partial charge is 0.493 e. The summed E-state index contributed by atoms with van der Waals surface area (Å²) < 4.78 is 10.9. The number of amides is 1.